The van der Waals surface area contributed by atoms with E-state index in [1.807, 2.05) is 43.3 Å². The maximum Gasteiger partial charge on any atom is 0.237 e. The van der Waals surface area contributed by atoms with Crippen molar-refractivity contribution in [2.75, 3.05) is 23.7 Å². The molecule has 0 bridgehead atoms. The number of hydrogen-bond donors (Lipinski definition) is 2. The summed E-state index contributed by atoms with van der Waals surface area (Å²) in [6.45, 7) is 9.01. The second-order valence-electron chi connectivity index (χ2n) is 8.11. The fourth-order valence-corrected chi connectivity index (χ4v) is 4.36. The summed E-state index contributed by atoms with van der Waals surface area (Å²) in [6.07, 6.45) is 2.55. The summed E-state index contributed by atoms with van der Waals surface area (Å²) in [7, 11) is 0. The van der Waals surface area contributed by atoms with Gasteiger partial charge in [-0.3, -0.25) is 14.5 Å². The molecule has 1 heterocycles. The Labute approximate surface area is 183 Å². The number of anilines is 2. The number of nitrogens with one attached hydrogen (secondary N) is 2. The van der Waals surface area contributed by atoms with Crippen LogP contribution in [0.2, 0.25) is 0 Å². The zero-order chi connectivity index (χ0) is 21.5. The van der Waals surface area contributed by atoms with Gasteiger partial charge in [-0.05, 0) is 80.7 Å². The Morgan fingerprint density at radius 3 is 2.17 bits per heavy atom. The van der Waals surface area contributed by atoms with Crippen molar-refractivity contribution in [2.24, 2.45) is 5.92 Å². The van der Waals surface area contributed by atoms with E-state index in [0.29, 0.717) is 0 Å². The molecule has 1 saturated heterocycles. The molecule has 5 nitrogen and oxygen atoms in total. The highest BCUT2D eigenvalue weighted by Crippen LogP contribution is 2.26. The Morgan fingerprint density at radius 1 is 1.00 bits per heavy atom. The Kier molecular flexibility index (Phi) is 7.94. The number of carbonyl (C=O) groups excluding carboxylic acids is 2. The summed E-state index contributed by atoms with van der Waals surface area (Å²) < 4.78 is 0. The van der Waals surface area contributed by atoms with Gasteiger partial charge in [0.25, 0.3) is 0 Å². The van der Waals surface area contributed by atoms with Gasteiger partial charge in [0.1, 0.15) is 0 Å². The van der Waals surface area contributed by atoms with Crippen molar-refractivity contribution >= 4 is 35.0 Å². The molecule has 1 fully saturated rings. The molecule has 0 radical (unpaired) electrons. The van der Waals surface area contributed by atoms with Crippen molar-refractivity contribution in [3.8, 4) is 0 Å². The lowest BCUT2D eigenvalue weighted by Gasteiger charge is -2.30. The summed E-state index contributed by atoms with van der Waals surface area (Å²) in [5, 5.41) is 5.52. The maximum atomic E-state index is 12.6. The Hall–Kier alpha value is -2.31. The highest BCUT2D eigenvalue weighted by atomic mass is 32.2. The molecule has 3 rings (SSSR count). The van der Waals surface area contributed by atoms with Crippen LogP contribution in [-0.4, -0.2) is 35.1 Å². The molecule has 2 amide bonds. The van der Waals surface area contributed by atoms with Crippen LogP contribution in [0.4, 0.5) is 11.4 Å². The number of thioether (sulfide) groups is 1. The third-order valence-electron chi connectivity index (χ3n) is 5.36. The van der Waals surface area contributed by atoms with E-state index < -0.39 is 0 Å². The fourth-order valence-electron chi connectivity index (χ4n) is 3.49. The number of rotatable bonds is 7. The van der Waals surface area contributed by atoms with E-state index in [-0.39, 0.29) is 17.1 Å². The largest absolute Gasteiger partial charge is 0.326 e. The Balaban J connectivity index is 1.48. The Morgan fingerprint density at radius 2 is 1.57 bits per heavy atom. The molecule has 0 saturated carbocycles. The average molecular weight is 426 g/mol. The van der Waals surface area contributed by atoms with Crippen LogP contribution < -0.4 is 10.6 Å². The van der Waals surface area contributed by atoms with Crippen LogP contribution in [0.15, 0.2) is 53.4 Å². The van der Waals surface area contributed by atoms with Gasteiger partial charge in [0, 0.05) is 29.7 Å². The van der Waals surface area contributed by atoms with E-state index in [0.717, 1.165) is 28.7 Å². The first-order valence-corrected chi connectivity index (χ1v) is 11.4. The van der Waals surface area contributed by atoms with E-state index in [2.05, 4.69) is 34.6 Å². The van der Waals surface area contributed by atoms with Gasteiger partial charge in [0.05, 0.1) is 5.25 Å². The molecular weight excluding hydrogens is 394 g/mol. The first kappa shape index (κ1) is 22.4. The van der Waals surface area contributed by atoms with Crippen molar-refractivity contribution in [1.82, 2.24) is 4.90 Å². The standard InChI is InChI=1S/C24H31N3O2S/c1-17-12-14-27(15-13-17)16-20-4-6-22(7-5-20)26-24(29)18(2)30-23-10-8-21(9-11-23)25-19(3)28/h4-11,17-18H,12-16H2,1-3H3,(H,25,28)(H,26,29). The molecule has 1 aliphatic heterocycles. The molecule has 160 valence electrons. The highest BCUT2D eigenvalue weighted by Gasteiger charge is 2.17. The number of nitrogens with zero attached hydrogens (tertiary/aromatic N) is 1. The fraction of sp³-hybridized carbons (Fsp3) is 0.417. The van der Waals surface area contributed by atoms with Gasteiger partial charge in [-0.15, -0.1) is 11.8 Å². The molecule has 1 unspecified atom stereocenters. The minimum Gasteiger partial charge on any atom is -0.326 e. The van der Waals surface area contributed by atoms with E-state index in [4.69, 9.17) is 0 Å². The third-order valence-corrected chi connectivity index (χ3v) is 6.47. The summed E-state index contributed by atoms with van der Waals surface area (Å²) >= 11 is 1.49. The quantitative estimate of drug-likeness (QED) is 0.613. The van der Waals surface area contributed by atoms with Crippen molar-refractivity contribution in [2.45, 2.75) is 50.3 Å². The second-order valence-corrected chi connectivity index (χ2v) is 9.52. The zero-order valence-corrected chi connectivity index (χ0v) is 18.8. The third kappa shape index (κ3) is 6.89. The molecule has 0 aliphatic carbocycles. The van der Waals surface area contributed by atoms with Gasteiger partial charge in [0.2, 0.25) is 11.8 Å². The normalized spacial score (nSPS) is 16.1. The van der Waals surface area contributed by atoms with Gasteiger partial charge in [-0.1, -0.05) is 19.1 Å². The summed E-state index contributed by atoms with van der Waals surface area (Å²) in [4.78, 5) is 27.2. The van der Waals surface area contributed by atoms with Gasteiger partial charge < -0.3 is 10.6 Å². The topological polar surface area (TPSA) is 61.4 Å². The second kappa shape index (κ2) is 10.6. The molecule has 0 aromatic heterocycles. The number of amides is 2. The SMILES string of the molecule is CC(=O)Nc1ccc(SC(C)C(=O)Nc2ccc(CN3CCC(C)CC3)cc2)cc1. The van der Waals surface area contributed by atoms with Crippen molar-refractivity contribution in [1.29, 1.82) is 0 Å². The minimum absolute atomic E-state index is 0.0243. The summed E-state index contributed by atoms with van der Waals surface area (Å²) in [6, 6.07) is 15.7. The van der Waals surface area contributed by atoms with Gasteiger partial charge in [-0.25, -0.2) is 0 Å². The highest BCUT2D eigenvalue weighted by molar-refractivity contribution is 8.00. The van der Waals surface area contributed by atoms with Crippen LogP contribution in [0.1, 0.15) is 39.2 Å². The molecule has 30 heavy (non-hydrogen) atoms. The number of piperidine rings is 1. The molecule has 1 atom stereocenters. The van der Waals surface area contributed by atoms with Crippen LogP contribution in [0, 0.1) is 5.92 Å². The number of benzene rings is 2. The van der Waals surface area contributed by atoms with Crippen molar-refractivity contribution in [3.05, 3.63) is 54.1 Å². The lowest BCUT2D eigenvalue weighted by molar-refractivity contribution is -0.115. The molecule has 1 aliphatic rings. The number of likely N-dealkylation sites (tertiary alicyclic amines) is 1. The summed E-state index contributed by atoms with van der Waals surface area (Å²) in [5.74, 6) is 0.720. The van der Waals surface area contributed by atoms with Crippen LogP contribution in [-0.2, 0) is 16.1 Å². The van der Waals surface area contributed by atoms with Gasteiger partial charge in [-0.2, -0.15) is 0 Å². The predicted octanol–water partition coefficient (Wildman–Crippen LogP) is 5.00. The van der Waals surface area contributed by atoms with Crippen molar-refractivity contribution in [3.63, 3.8) is 0 Å². The molecule has 0 spiro atoms. The number of carbonyl (C=O) groups is 2. The average Bonchev–Trinajstić information content (AvgIpc) is 2.72. The van der Waals surface area contributed by atoms with Crippen LogP contribution >= 0.6 is 11.8 Å². The van der Waals surface area contributed by atoms with Crippen molar-refractivity contribution < 1.29 is 9.59 Å². The minimum atomic E-state index is -0.230. The first-order chi connectivity index (χ1) is 14.4. The molecule has 2 aromatic rings. The maximum absolute atomic E-state index is 12.6. The first-order valence-electron chi connectivity index (χ1n) is 10.6. The van der Waals surface area contributed by atoms with Gasteiger partial charge >= 0.3 is 0 Å². The van der Waals surface area contributed by atoms with E-state index in [1.165, 1.54) is 50.2 Å². The molecule has 2 N–H and O–H groups in total. The summed E-state index contributed by atoms with van der Waals surface area (Å²) in [5.41, 5.74) is 2.86. The molecule has 6 heteroatoms. The smallest absolute Gasteiger partial charge is 0.237 e. The van der Waals surface area contributed by atoms with E-state index in [9.17, 15) is 9.59 Å². The van der Waals surface area contributed by atoms with Crippen LogP contribution in [0.5, 0.6) is 0 Å². The lowest BCUT2D eigenvalue weighted by atomic mass is 9.99. The molecule has 2 aromatic carbocycles. The monoisotopic (exact) mass is 425 g/mol. The van der Waals surface area contributed by atoms with E-state index >= 15 is 0 Å². The van der Waals surface area contributed by atoms with Crippen LogP contribution in [0.3, 0.4) is 0 Å². The van der Waals surface area contributed by atoms with E-state index in [1.54, 1.807) is 0 Å². The lowest BCUT2D eigenvalue weighted by Crippen LogP contribution is -2.32. The number of hydrogen-bond acceptors (Lipinski definition) is 4. The van der Waals surface area contributed by atoms with Gasteiger partial charge in [0.15, 0.2) is 0 Å². The zero-order valence-electron chi connectivity index (χ0n) is 18.0. The predicted molar refractivity (Wildman–Crippen MR) is 125 cm³/mol. The molecular formula is C24H31N3O2S. The Bertz CT molecular complexity index is 844. The van der Waals surface area contributed by atoms with Crippen LogP contribution in [0.25, 0.3) is 0 Å².